The number of nitriles is 2. The maximum absolute atomic E-state index is 13.3. The molecule has 5 N–H and O–H groups in total. The maximum Gasteiger partial charge on any atom is 0.335 e. The lowest BCUT2D eigenvalue weighted by Crippen LogP contribution is -2.72. The second kappa shape index (κ2) is 23.9. The number of piperidine rings is 2. The Labute approximate surface area is 443 Å². The molecule has 0 spiro atoms. The Bertz CT molecular complexity index is 2580. The number of rotatable bonds is 14. The molecule has 12 nitrogen and oxygen atoms in total. The minimum atomic E-state index is -0.886. The van der Waals surface area contributed by atoms with Gasteiger partial charge < -0.3 is 40.3 Å². The van der Waals surface area contributed by atoms with E-state index in [9.17, 15) is 14.7 Å². The molecule has 2 aliphatic carbocycles. The van der Waals surface area contributed by atoms with Gasteiger partial charge in [-0.3, -0.25) is 4.79 Å². The van der Waals surface area contributed by atoms with Gasteiger partial charge in [0.15, 0.2) is 5.78 Å². The number of benzene rings is 4. The summed E-state index contributed by atoms with van der Waals surface area (Å²) in [6.07, 6.45) is 6.61. The third kappa shape index (κ3) is 13.0. The van der Waals surface area contributed by atoms with Crippen LogP contribution in [0.3, 0.4) is 0 Å². The van der Waals surface area contributed by atoms with Crippen LogP contribution >= 0.6 is 23.2 Å². The summed E-state index contributed by atoms with van der Waals surface area (Å²) < 4.78 is 12.4. The van der Waals surface area contributed by atoms with Crippen molar-refractivity contribution in [1.82, 2.24) is 0 Å². The molecule has 0 amide bonds. The Balaban J connectivity index is 0.000000197. The molecule has 2 heterocycles. The zero-order valence-electron chi connectivity index (χ0n) is 43.8. The van der Waals surface area contributed by atoms with E-state index in [1.54, 1.807) is 48.5 Å². The van der Waals surface area contributed by atoms with E-state index in [0.29, 0.717) is 56.5 Å². The summed E-state index contributed by atoms with van der Waals surface area (Å²) in [7, 11) is 0. The maximum atomic E-state index is 13.3. The van der Waals surface area contributed by atoms with Crippen molar-refractivity contribution in [2.24, 2.45) is 45.1 Å². The van der Waals surface area contributed by atoms with Gasteiger partial charge in [-0.2, -0.15) is 10.5 Å². The normalized spacial score (nSPS) is 22.6. The van der Waals surface area contributed by atoms with E-state index in [0.717, 1.165) is 81.6 Å². The molecule has 4 aromatic carbocycles. The number of carbonyl (C=O) groups is 2. The average molecular weight is 1040 g/mol. The molecule has 4 fully saturated rings. The molecule has 0 aromatic heterocycles. The van der Waals surface area contributed by atoms with E-state index in [1.165, 1.54) is 0 Å². The Morgan fingerprint density at radius 3 is 1.33 bits per heavy atom. The van der Waals surface area contributed by atoms with Crippen molar-refractivity contribution in [2.75, 3.05) is 49.2 Å². The first-order chi connectivity index (χ1) is 34.5. The summed E-state index contributed by atoms with van der Waals surface area (Å²) in [6.45, 7) is 21.6. The second-order valence-electron chi connectivity index (χ2n) is 22.7. The number of anilines is 2. The number of hydrogen-bond donors (Lipinski definition) is 4. The molecule has 2 saturated carbocycles. The predicted octanol–water partition coefficient (Wildman–Crippen LogP) is 11.8. The highest BCUT2D eigenvalue weighted by molar-refractivity contribution is 6.32. The number of nitrogens with two attached hydrogens (primary N) is 1. The van der Waals surface area contributed by atoms with E-state index in [4.69, 9.17) is 59.1 Å². The fourth-order valence-electron chi connectivity index (χ4n) is 12.4. The number of ketones is 1. The van der Waals surface area contributed by atoms with E-state index in [1.807, 2.05) is 30.3 Å². The van der Waals surface area contributed by atoms with Crippen LogP contribution in [0, 0.1) is 62.1 Å². The number of hydrogen-bond acceptors (Lipinski definition) is 11. The van der Waals surface area contributed by atoms with Crippen molar-refractivity contribution in [3.8, 4) is 23.6 Å². The highest BCUT2D eigenvalue weighted by Crippen LogP contribution is 2.62. The predicted molar refractivity (Wildman–Crippen MR) is 290 cm³/mol. The number of aromatic carboxylic acids is 1. The number of halogens is 2. The zero-order valence-corrected chi connectivity index (χ0v) is 45.3. The van der Waals surface area contributed by atoms with Gasteiger partial charge in [-0.1, -0.05) is 78.6 Å². The minimum Gasteiger partial charge on any atom is -0.489 e. The van der Waals surface area contributed by atoms with Gasteiger partial charge in [0.2, 0.25) is 0 Å². The summed E-state index contributed by atoms with van der Waals surface area (Å²) >= 11 is 12.2. The van der Waals surface area contributed by atoms with Crippen LogP contribution in [-0.4, -0.2) is 84.7 Å². The van der Waals surface area contributed by atoms with Crippen molar-refractivity contribution in [1.29, 1.82) is 10.5 Å². The van der Waals surface area contributed by atoms with E-state index in [-0.39, 0.29) is 64.8 Å². The van der Waals surface area contributed by atoms with Gasteiger partial charge in [0, 0.05) is 103 Å². The average Bonchev–Trinajstić information content (AvgIpc) is 3.37. The van der Waals surface area contributed by atoms with E-state index >= 15 is 0 Å². The summed E-state index contributed by atoms with van der Waals surface area (Å²) in [5.41, 5.74) is 9.86. The number of aliphatic hydroxyl groups is 2. The third-order valence-corrected chi connectivity index (χ3v) is 17.1. The van der Waals surface area contributed by atoms with Crippen LogP contribution in [0.15, 0.2) is 84.9 Å². The van der Waals surface area contributed by atoms with Crippen molar-refractivity contribution < 1.29 is 34.4 Å². The summed E-state index contributed by atoms with van der Waals surface area (Å²) in [6, 6.07) is 29.6. The molecule has 0 atom stereocenters. The highest BCUT2D eigenvalue weighted by atomic mass is 35.5. The first-order valence-electron chi connectivity index (χ1n) is 25.7. The van der Waals surface area contributed by atoms with Gasteiger partial charge >= 0.3 is 5.97 Å². The molecular formula is C59H75Cl2N5O7. The molecular weight excluding hydrogens is 962 g/mol. The molecule has 14 heteroatoms. The van der Waals surface area contributed by atoms with Crippen LogP contribution in [0.25, 0.3) is 0 Å². The SMILES string of the molecule is CC1(C)C(CC(=O)c2ccc(N3CCC(CCO)CC3)cc2)C(C)(C)C1Oc1ccc(C#N)c(Cl)c1.CC1(C)C(N)C(C)(C)C1Oc1ccc(C#N)c(Cl)c1.O=C(O)c1ccc(N2CCC(CCO)CC2)cc1. The molecule has 8 rings (SSSR count). The molecule has 392 valence electrons. The molecule has 0 bridgehead atoms. The summed E-state index contributed by atoms with van der Waals surface area (Å²) in [5.74, 6) is 2.01. The lowest BCUT2D eigenvalue weighted by atomic mass is 9.44. The van der Waals surface area contributed by atoms with Crippen LogP contribution in [0.5, 0.6) is 11.5 Å². The Kier molecular flexibility index (Phi) is 18.6. The molecule has 0 radical (unpaired) electrons. The quantitative estimate of drug-likeness (QED) is 0.0875. The summed E-state index contributed by atoms with van der Waals surface area (Å²) in [4.78, 5) is 28.7. The molecule has 73 heavy (non-hydrogen) atoms. The Morgan fingerprint density at radius 2 is 0.986 bits per heavy atom. The first kappa shape index (κ1) is 56.9. The topological polar surface area (TPSA) is 193 Å². The molecule has 2 aliphatic heterocycles. The number of nitrogens with zero attached hydrogens (tertiary/aromatic N) is 4. The van der Waals surface area contributed by atoms with Gasteiger partial charge in [0.05, 0.1) is 26.7 Å². The number of Topliss-reactive ketones (excluding diaryl/α,β-unsaturated/α-hetero) is 1. The van der Waals surface area contributed by atoms with Crippen LogP contribution in [0.4, 0.5) is 11.4 Å². The summed E-state index contributed by atoms with van der Waals surface area (Å²) in [5, 5.41) is 45.7. The van der Waals surface area contributed by atoms with E-state index < -0.39 is 5.97 Å². The zero-order chi connectivity index (χ0) is 53.5. The monoisotopic (exact) mass is 1040 g/mol. The number of carboxylic acids is 1. The number of ether oxygens (including phenoxy) is 2. The van der Waals surface area contributed by atoms with Gasteiger partial charge in [-0.15, -0.1) is 0 Å². The van der Waals surface area contributed by atoms with Crippen LogP contribution in [0.1, 0.15) is 132 Å². The number of carboxylic acid groups (broad SMARTS) is 1. The van der Waals surface area contributed by atoms with Crippen molar-refractivity contribution in [3.63, 3.8) is 0 Å². The fraction of sp³-hybridized carbons (Fsp3) is 0.525. The first-order valence-corrected chi connectivity index (χ1v) is 26.4. The van der Waals surface area contributed by atoms with E-state index in [2.05, 4.69) is 83.4 Å². The van der Waals surface area contributed by atoms with Gasteiger partial charge in [0.1, 0.15) is 35.8 Å². The van der Waals surface area contributed by atoms with Crippen LogP contribution < -0.4 is 25.0 Å². The molecule has 4 aromatic rings. The number of aliphatic hydroxyl groups excluding tert-OH is 2. The highest BCUT2D eigenvalue weighted by Gasteiger charge is 2.64. The van der Waals surface area contributed by atoms with Crippen molar-refractivity contribution in [2.45, 2.75) is 119 Å². The van der Waals surface area contributed by atoms with Crippen LogP contribution in [0.2, 0.25) is 10.0 Å². The van der Waals surface area contributed by atoms with Gasteiger partial charge in [0.25, 0.3) is 0 Å². The number of carbonyl (C=O) groups excluding carboxylic acids is 1. The molecule has 0 unspecified atom stereocenters. The minimum absolute atomic E-state index is 0.0269. The fourth-order valence-corrected chi connectivity index (χ4v) is 12.8. The molecule has 4 aliphatic rings. The standard InChI is InChI=1S/C30H37ClN2O3.C15H19ClN2O.C14H19NO3/c1-29(2)27(30(3,4)28(29)36-24-10-7-22(19-32)25(31)17-24)18-26(35)21-5-8-23(9-6-21)33-14-11-20(12-15-33)13-16-34;1-14(2)12(18)15(3,4)13(14)19-10-6-5-9(8-17)11(16)7-10;16-10-7-11-5-8-15(9-6-11)13-3-1-12(2-4-13)14(17)18/h5-10,17,20,27-28,34H,11-16,18H2,1-4H3;5-7,12-13H,18H2,1-4H3;1-4,11,16H,5-10H2,(H,17,18). The van der Waals surface area contributed by atoms with Gasteiger partial charge in [-0.05, 0) is 129 Å². The smallest absolute Gasteiger partial charge is 0.335 e. The lowest BCUT2D eigenvalue weighted by molar-refractivity contribution is -0.196. The van der Waals surface area contributed by atoms with Crippen molar-refractivity contribution >= 4 is 46.3 Å². The lowest BCUT2D eigenvalue weighted by Gasteiger charge is -2.63. The van der Waals surface area contributed by atoms with Gasteiger partial charge in [-0.25, -0.2) is 4.79 Å². The largest absolute Gasteiger partial charge is 0.489 e. The van der Waals surface area contributed by atoms with Crippen LogP contribution in [-0.2, 0) is 0 Å². The molecule has 2 saturated heterocycles. The third-order valence-electron chi connectivity index (χ3n) is 16.5. The Morgan fingerprint density at radius 1 is 0.616 bits per heavy atom. The van der Waals surface area contributed by atoms with Crippen molar-refractivity contribution in [3.05, 3.63) is 117 Å². The second-order valence-corrected chi connectivity index (χ2v) is 23.5. The Hall–Kier alpha value is -5.34.